The van der Waals surface area contributed by atoms with Crippen molar-refractivity contribution < 1.29 is 36.6 Å². The van der Waals surface area contributed by atoms with E-state index in [1.54, 1.807) is 12.7 Å². The molecule has 0 spiro atoms. The molecule has 82 heavy (non-hydrogen) atoms. The number of benzene rings is 4. The van der Waals surface area contributed by atoms with Gasteiger partial charge < -0.3 is 50.4 Å². The Morgan fingerprint density at radius 1 is 0.561 bits per heavy atom. The van der Waals surface area contributed by atoms with Crippen LogP contribution in [0.25, 0.3) is 22.5 Å². The van der Waals surface area contributed by atoms with Gasteiger partial charge in [0.1, 0.15) is 19.7 Å². The number of nitrogens with one attached hydrogen (secondary N) is 4. The molecule has 2 aliphatic carbocycles. The number of aromatic nitrogens is 4. The highest BCUT2D eigenvalue weighted by molar-refractivity contribution is 7.90. The van der Waals surface area contributed by atoms with Gasteiger partial charge in [-0.1, -0.05) is 147 Å². The first-order valence-electron chi connectivity index (χ1n) is 29.1. The van der Waals surface area contributed by atoms with Crippen LogP contribution in [0.15, 0.2) is 134 Å². The van der Waals surface area contributed by atoms with Crippen molar-refractivity contribution in [3.8, 4) is 22.5 Å². The molecule has 2 amide bonds. The fourth-order valence-electron chi connectivity index (χ4n) is 12.5. The molecule has 6 aromatic rings. The van der Waals surface area contributed by atoms with E-state index in [1.165, 1.54) is 23.6 Å². The Hall–Kier alpha value is -6.10. The van der Waals surface area contributed by atoms with Crippen LogP contribution < -0.4 is 21.3 Å². The monoisotopic (exact) mass is 1160 g/mol. The van der Waals surface area contributed by atoms with E-state index in [2.05, 4.69) is 45.5 Å². The lowest BCUT2D eigenvalue weighted by Gasteiger charge is -2.41. The van der Waals surface area contributed by atoms with Crippen LogP contribution in [0.2, 0.25) is 0 Å². The lowest BCUT2D eigenvalue weighted by molar-refractivity contribution is -0.0393. The van der Waals surface area contributed by atoms with E-state index in [0.29, 0.717) is 61.8 Å². The maximum atomic E-state index is 14.2. The summed E-state index contributed by atoms with van der Waals surface area (Å²) in [6, 6.07) is 39.4. The molecule has 2 aromatic heterocycles. The lowest BCUT2D eigenvalue weighted by atomic mass is 9.79. The van der Waals surface area contributed by atoms with E-state index in [9.17, 15) is 36.6 Å². The van der Waals surface area contributed by atoms with Gasteiger partial charge in [0.05, 0.1) is 58.8 Å². The number of nitrogens with zero attached hydrogens (tertiary/aromatic N) is 6. The number of rotatable bonds is 20. The van der Waals surface area contributed by atoms with E-state index in [-0.39, 0.29) is 73.7 Å². The molecule has 440 valence electrons. The molecule has 4 aromatic carbocycles. The molecule has 0 bridgehead atoms. The lowest BCUT2D eigenvalue weighted by Crippen LogP contribution is -2.54. The minimum Gasteiger partial charge on any atom is -0.386 e. The molecule has 20 heteroatoms. The maximum Gasteiger partial charge on any atom is 0.275 e. The van der Waals surface area contributed by atoms with Crippen molar-refractivity contribution in [2.75, 3.05) is 89.5 Å². The summed E-state index contributed by atoms with van der Waals surface area (Å²) in [4.78, 5) is 41.8. The molecule has 6 N–H and O–H groups in total. The number of carbonyl (C=O) groups is 2. The smallest absolute Gasteiger partial charge is 0.275 e. The normalized spacial score (nSPS) is 23.4. The fraction of sp³-hybridized carbons (Fsp3) is 0.484. The number of amides is 2. The number of sulfone groups is 2. The molecule has 2 saturated carbocycles. The van der Waals surface area contributed by atoms with Crippen LogP contribution in [0, 0.1) is 0 Å². The van der Waals surface area contributed by atoms with Gasteiger partial charge in [-0.2, -0.15) is 0 Å². The highest BCUT2D eigenvalue weighted by Crippen LogP contribution is 2.43. The Labute approximate surface area is 484 Å². The fourth-order valence-corrected chi connectivity index (χ4v) is 13.5. The zero-order valence-corrected chi connectivity index (χ0v) is 49.0. The third kappa shape index (κ3) is 15.4. The molecule has 6 atom stereocenters. The van der Waals surface area contributed by atoms with Gasteiger partial charge in [0.15, 0.2) is 11.4 Å². The predicted molar refractivity (Wildman–Crippen MR) is 321 cm³/mol. The third-order valence-electron chi connectivity index (χ3n) is 16.7. The number of hydrogen-bond acceptors (Lipinski definition) is 14. The van der Waals surface area contributed by atoms with Gasteiger partial charge in [-0.25, -0.2) is 26.8 Å². The molecule has 4 aliphatic rings. The molecule has 0 unspecified atom stereocenters. The second-order valence-corrected chi connectivity index (χ2v) is 27.4. The molecule has 0 radical (unpaired) electrons. The van der Waals surface area contributed by atoms with E-state index < -0.39 is 30.9 Å². The molecule has 10 rings (SSSR count). The summed E-state index contributed by atoms with van der Waals surface area (Å²) in [5, 5.41) is 37.1. The van der Waals surface area contributed by atoms with E-state index >= 15 is 0 Å². The van der Waals surface area contributed by atoms with Gasteiger partial charge in [-0.3, -0.25) is 9.59 Å². The van der Waals surface area contributed by atoms with E-state index in [1.807, 2.05) is 116 Å². The Bertz CT molecular complexity index is 3040. The zero-order valence-electron chi connectivity index (χ0n) is 47.4. The largest absolute Gasteiger partial charge is 0.386 e. The van der Waals surface area contributed by atoms with Gasteiger partial charge in [0.2, 0.25) is 0 Å². The summed E-state index contributed by atoms with van der Waals surface area (Å²) in [6.07, 6.45) is 13.6. The molecule has 4 heterocycles. The summed E-state index contributed by atoms with van der Waals surface area (Å²) in [7, 11) is -6.21. The van der Waals surface area contributed by atoms with Crippen molar-refractivity contribution in [2.24, 2.45) is 0 Å². The van der Waals surface area contributed by atoms with Crippen LogP contribution in [0.3, 0.4) is 0 Å². The summed E-state index contributed by atoms with van der Waals surface area (Å²) >= 11 is 0. The van der Waals surface area contributed by atoms with Crippen LogP contribution in [-0.4, -0.2) is 181 Å². The Morgan fingerprint density at radius 2 is 0.927 bits per heavy atom. The standard InChI is InChI=1S/2C31H41N5O4S/c2*1-41(39,40)19-17-33-22-31(38)15-9-8-14-27(31)36-23-34-28(29(36)25-12-6-3-7-13-25)30(37)35-18-16-32-21-26(35)20-24-10-4-2-5-11-24/h2*2-7,10-13,23,26-27,32-33,38H,8-9,14-22H2,1H3/t26-,27+,31+;26-,27-,31-/m11/s1. The predicted octanol–water partition coefficient (Wildman–Crippen LogP) is 5.37. The first kappa shape index (κ1) is 60.5. The van der Waals surface area contributed by atoms with Gasteiger partial charge in [0.25, 0.3) is 11.8 Å². The maximum absolute atomic E-state index is 14.2. The summed E-state index contributed by atoms with van der Waals surface area (Å²) < 4.78 is 50.5. The van der Waals surface area contributed by atoms with Crippen molar-refractivity contribution in [1.29, 1.82) is 0 Å². The zero-order chi connectivity index (χ0) is 57.7. The van der Waals surface area contributed by atoms with Gasteiger partial charge in [0, 0.05) is 101 Å². The van der Waals surface area contributed by atoms with Crippen LogP contribution in [0.5, 0.6) is 0 Å². The highest BCUT2D eigenvalue weighted by Gasteiger charge is 2.44. The molecule has 4 fully saturated rings. The van der Waals surface area contributed by atoms with Gasteiger partial charge in [-0.15, -0.1) is 0 Å². The Balaban J connectivity index is 0.000000198. The minimum absolute atomic E-state index is 0.00178. The first-order valence-corrected chi connectivity index (χ1v) is 33.2. The quantitative estimate of drug-likeness (QED) is 0.0528. The van der Waals surface area contributed by atoms with Crippen LogP contribution >= 0.6 is 0 Å². The van der Waals surface area contributed by atoms with Crippen molar-refractivity contribution in [3.05, 3.63) is 156 Å². The van der Waals surface area contributed by atoms with Crippen molar-refractivity contribution in [2.45, 2.75) is 99.6 Å². The Morgan fingerprint density at radius 3 is 1.29 bits per heavy atom. The number of aliphatic hydroxyl groups is 2. The number of imidazole rings is 2. The van der Waals surface area contributed by atoms with Crippen LogP contribution in [0.4, 0.5) is 0 Å². The van der Waals surface area contributed by atoms with Gasteiger partial charge >= 0.3 is 0 Å². The highest BCUT2D eigenvalue weighted by atomic mass is 32.2. The van der Waals surface area contributed by atoms with Crippen LogP contribution in [0.1, 0.15) is 95.6 Å². The summed E-state index contributed by atoms with van der Waals surface area (Å²) in [6.45, 7) is 5.13. The first-order chi connectivity index (χ1) is 39.5. The number of carbonyl (C=O) groups excluding carboxylic acids is 2. The average molecular weight is 1160 g/mol. The van der Waals surface area contributed by atoms with E-state index in [4.69, 9.17) is 9.97 Å². The topological polar surface area (TPSA) is 233 Å². The second-order valence-electron chi connectivity index (χ2n) is 22.9. The van der Waals surface area contributed by atoms with Crippen LogP contribution in [-0.2, 0) is 32.5 Å². The molecule has 18 nitrogen and oxygen atoms in total. The molecular weight excluding hydrogens is 1080 g/mol. The van der Waals surface area contributed by atoms with Gasteiger partial charge in [-0.05, 0) is 49.7 Å². The average Bonchev–Trinajstić information content (AvgIpc) is 4.05. The van der Waals surface area contributed by atoms with Crippen molar-refractivity contribution in [1.82, 2.24) is 50.2 Å². The Kier molecular flexibility index (Phi) is 20.3. The third-order valence-corrected chi connectivity index (χ3v) is 18.6. The number of hydrogen-bond donors (Lipinski definition) is 6. The SMILES string of the molecule is CS(=O)(=O)CCNC[C@@]1(O)CCCC[C@@H]1n1cnc(C(=O)N2CCNC[C@H]2Cc2ccccc2)c1-c1ccccc1.CS(=O)(=O)CCNC[C@]1(O)CCCC[C@H]1n1cnc(C(=O)N2CCNC[C@H]2Cc2ccccc2)c1-c1ccccc1. The number of piperazine rings is 2. The summed E-state index contributed by atoms with van der Waals surface area (Å²) in [5.74, 6) is -0.172. The summed E-state index contributed by atoms with van der Waals surface area (Å²) in [5.41, 5.74) is 4.14. The van der Waals surface area contributed by atoms with Crippen molar-refractivity contribution in [3.63, 3.8) is 0 Å². The molecular formula is C62H82N10O8S2. The molecule has 2 aliphatic heterocycles. The van der Waals surface area contributed by atoms with E-state index in [0.717, 1.165) is 75.6 Å². The van der Waals surface area contributed by atoms with Crippen molar-refractivity contribution >= 4 is 31.5 Å². The molecule has 2 saturated heterocycles. The minimum atomic E-state index is -3.10. The second kappa shape index (κ2) is 27.5.